The molecule has 3 aromatic carbocycles. The van der Waals surface area contributed by atoms with E-state index in [-0.39, 0.29) is 6.92 Å². The topological polar surface area (TPSA) is 71.4 Å². The molecule has 0 aromatic heterocycles. The first-order valence-corrected chi connectivity index (χ1v) is 13.2. The first-order chi connectivity index (χ1) is 24.6. The molecule has 54 heavy (non-hydrogen) atoms. The van der Waals surface area contributed by atoms with E-state index in [0.29, 0.717) is 12.1 Å². The predicted octanol–water partition coefficient (Wildman–Crippen LogP) is 10.8. The number of allylic oxidation sites excluding steroid dienone is 6. The van der Waals surface area contributed by atoms with Crippen LogP contribution < -0.4 is 0 Å². The minimum Gasteiger partial charge on any atom is -0.206 e. The van der Waals surface area contributed by atoms with Gasteiger partial charge in [-0.25, -0.2) is 48.3 Å². The molecule has 0 aliphatic heterocycles. The van der Waals surface area contributed by atoms with Crippen LogP contribution in [-0.2, 0) is 18.5 Å². The molecule has 0 unspecified atom stereocenters. The molecule has 0 saturated heterocycles. The summed E-state index contributed by atoms with van der Waals surface area (Å²) in [7, 11) is 0. The van der Waals surface area contributed by atoms with E-state index < -0.39 is 155 Å². The molecule has 3 aromatic rings. The molecule has 1 saturated carbocycles. The van der Waals surface area contributed by atoms with E-state index in [0.717, 1.165) is 6.07 Å². The lowest BCUT2D eigenvalue weighted by Crippen LogP contribution is -2.17. The van der Waals surface area contributed by atoms with Crippen molar-refractivity contribution < 1.29 is 87.8 Å². The van der Waals surface area contributed by atoms with E-state index >= 15 is 22.0 Å². The van der Waals surface area contributed by atoms with E-state index in [1.165, 1.54) is 0 Å². The quantitative estimate of drug-likeness (QED) is 0.151. The van der Waals surface area contributed by atoms with Crippen LogP contribution in [0, 0.1) is 105 Å². The van der Waals surface area contributed by atoms with Crippen LogP contribution in [0.15, 0.2) is 16.7 Å². The molecule has 0 spiro atoms. The molecule has 0 radical (unpaired) electrons. The Morgan fingerprint density at radius 2 is 0.556 bits per heavy atom. The van der Waals surface area contributed by atoms with Gasteiger partial charge in [0.2, 0.25) is 0 Å². The van der Waals surface area contributed by atoms with Crippen LogP contribution in [0.4, 0.5) is 87.8 Å². The molecule has 0 heterocycles. The first kappa shape index (κ1) is 40.7. The molecule has 282 valence electrons. The molecule has 0 amide bonds. The van der Waals surface area contributed by atoms with Crippen LogP contribution in [0.5, 0.6) is 0 Å². The number of rotatable bonds is 3. The second-order valence-electron chi connectivity index (χ2n) is 10.4. The summed E-state index contributed by atoms with van der Waals surface area (Å²) < 4.78 is 283. The Morgan fingerprint density at radius 1 is 0.352 bits per heavy atom. The number of nitriles is 3. The van der Waals surface area contributed by atoms with Crippen LogP contribution in [-0.4, -0.2) is 0 Å². The number of benzene rings is 3. The SMILES string of the molecule is Cc1c(F)c(C(F)(F)F)c(F)c(F)c1C(C#N)=C1C(=C(/C#N)c2c(F)c(F)c(C(F)(F)F)c(F)c2F)/C1=C(/C#N)c1c(F)c(F)c(C(F)(F)F)c(F)c1F. The van der Waals surface area contributed by atoms with Gasteiger partial charge in [0.25, 0.3) is 0 Å². The number of halogens is 20. The maximum absolute atomic E-state index is 15.3. The molecular formula is C31H3F20N3. The lowest BCUT2D eigenvalue weighted by molar-refractivity contribution is -0.144. The summed E-state index contributed by atoms with van der Waals surface area (Å²) in [5.41, 5.74) is -29.9. The van der Waals surface area contributed by atoms with Gasteiger partial charge in [-0.3, -0.25) is 0 Å². The molecule has 0 N–H and O–H groups in total. The van der Waals surface area contributed by atoms with E-state index in [1.54, 1.807) is 0 Å². The average molecular weight is 797 g/mol. The van der Waals surface area contributed by atoms with Crippen molar-refractivity contribution in [3.63, 3.8) is 0 Å². The number of nitrogens with zero attached hydrogens (tertiary/aromatic N) is 3. The highest BCUT2D eigenvalue weighted by atomic mass is 19.4. The molecule has 1 aliphatic rings. The van der Waals surface area contributed by atoms with Crippen LogP contribution in [0.1, 0.15) is 38.9 Å². The highest BCUT2D eigenvalue weighted by Gasteiger charge is 2.50. The summed E-state index contributed by atoms with van der Waals surface area (Å²) >= 11 is 0. The van der Waals surface area contributed by atoms with Crippen molar-refractivity contribution in [3.8, 4) is 18.2 Å². The minimum atomic E-state index is -6.23. The Labute approximate surface area is 284 Å². The number of alkyl halides is 9. The second-order valence-corrected chi connectivity index (χ2v) is 10.4. The summed E-state index contributed by atoms with van der Waals surface area (Å²) in [5.74, 6) is -34.6. The minimum absolute atomic E-state index is 0.186. The summed E-state index contributed by atoms with van der Waals surface area (Å²) in [5, 5.41) is 29.3. The maximum Gasteiger partial charge on any atom is 0.422 e. The third kappa shape index (κ3) is 6.04. The third-order valence-electron chi connectivity index (χ3n) is 7.46. The summed E-state index contributed by atoms with van der Waals surface area (Å²) in [6, 6.07) is 2.19. The summed E-state index contributed by atoms with van der Waals surface area (Å²) in [6.07, 6.45) is -18.5. The Morgan fingerprint density at radius 3 is 0.778 bits per heavy atom. The molecule has 1 aliphatic carbocycles. The fraction of sp³-hybridized carbons (Fsp3) is 0.129. The van der Waals surface area contributed by atoms with Gasteiger partial charge in [-0.1, -0.05) is 0 Å². The Hall–Kier alpha value is -6.05. The van der Waals surface area contributed by atoms with Crippen molar-refractivity contribution >= 4 is 16.7 Å². The van der Waals surface area contributed by atoms with E-state index in [9.17, 15) is 81.6 Å². The fourth-order valence-corrected chi connectivity index (χ4v) is 5.17. The van der Waals surface area contributed by atoms with Crippen molar-refractivity contribution in [3.05, 3.63) is 120 Å². The van der Waals surface area contributed by atoms with Gasteiger partial charge in [0, 0.05) is 22.3 Å². The van der Waals surface area contributed by atoms with Crippen LogP contribution >= 0.6 is 0 Å². The van der Waals surface area contributed by atoms with Gasteiger partial charge in [-0.05, 0) is 12.5 Å². The van der Waals surface area contributed by atoms with Crippen LogP contribution in [0.2, 0.25) is 0 Å². The van der Waals surface area contributed by atoms with Crippen molar-refractivity contribution in [2.75, 3.05) is 0 Å². The zero-order valence-electron chi connectivity index (χ0n) is 24.9. The van der Waals surface area contributed by atoms with Gasteiger partial charge >= 0.3 is 18.5 Å². The molecule has 4 rings (SSSR count). The second kappa shape index (κ2) is 13.1. The van der Waals surface area contributed by atoms with Crippen molar-refractivity contribution in [2.45, 2.75) is 25.5 Å². The maximum atomic E-state index is 15.3. The predicted molar refractivity (Wildman–Crippen MR) is 136 cm³/mol. The molecule has 0 bridgehead atoms. The Bertz CT molecular complexity index is 2070. The largest absolute Gasteiger partial charge is 0.422 e. The number of hydrogen-bond donors (Lipinski definition) is 0. The van der Waals surface area contributed by atoms with Crippen molar-refractivity contribution in [1.29, 1.82) is 15.8 Å². The molecule has 0 atom stereocenters. The Kier molecular flexibility index (Phi) is 9.89. The fourth-order valence-electron chi connectivity index (χ4n) is 5.17. The molecule has 3 nitrogen and oxygen atoms in total. The monoisotopic (exact) mass is 797 g/mol. The molecule has 23 heteroatoms. The third-order valence-corrected chi connectivity index (χ3v) is 7.46. The zero-order chi connectivity index (χ0) is 41.5. The highest BCUT2D eigenvalue weighted by Crippen LogP contribution is 2.58. The van der Waals surface area contributed by atoms with E-state index in [2.05, 4.69) is 0 Å². The van der Waals surface area contributed by atoms with Gasteiger partial charge < -0.3 is 0 Å². The van der Waals surface area contributed by atoms with E-state index in [1.807, 2.05) is 0 Å². The van der Waals surface area contributed by atoms with Gasteiger partial charge in [0.1, 0.15) is 40.7 Å². The smallest absolute Gasteiger partial charge is 0.206 e. The van der Waals surface area contributed by atoms with Crippen molar-refractivity contribution in [1.82, 2.24) is 0 Å². The van der Waals surface area contributed by atoms with Gasteiger partial charge in [-0.15, -0.1) is 0 Å². The lowest BCUT2D eigenvalue weighted by Gasteiger charge is -2.15. The Balaban J connectivity index is 2.38. The summed E-state index contributed by atoms with van der Waals surface area (Å²) in [6.45, 7) is 0.186. The van der Waals surface area contributed by atoms with Gasteiger partial charge in [0.05, 0.1) is 27.8 Å². The normalized spacial score (nSPS) is 16.1. The van der Waals surface area contributed by atoms with Crippen LogP contribution in [0.25, 0.3) is 16.7 Å². The summed E-state index contributed by atoms with van der Waals surface area (Å²) in [4.78, 5) is 0. The molecule has 1 fully saturated rings. The molecular weight excluding hydrogens is 794 g/mol. The highest BCUT2D eigenvalue weighted by molar-refractivity contribution is 6.12. The lowest BCUT2D eigenvalue weighted by atomic mass is 9.94. The van der Waals surface area contributed by atoms with Gasteiger partial charge in [-0.2, -0.15) is 55.3 Å². The van der Waals surface area contributed by atoms with E-state index in [4.69, 9.17) is 0 Å². The first-order valence-electron chi connectivity index (χ1n) is 13.2. The average Bonchev–Trinajstić information content (AvgIpc) is 3.76. The zero-order valence-corrected chi connectivity index (χ0v) is 24.9. The van der Waals surface area contributed by atoms with Crippen molar-refractivity contribution in [2.24, 2.45) is 0 Å². The van der Waals surface area contributed by atoms with Crippen LogP contribution in [0.3, 0.4) is 0 Å². The standard InChI is InChI=1S/C31H3F20N3/c1-5-9(19(33)24(38)15(18(5)32)29(43,44)45)6(2-52)10-11(7(3-53)13-20(34)25(39)16(30(46,47)48)26(40)21(13)35)12(10)8(4-54)14-22(36)27(41)17(31(49,50)51)28(42)23(14)37/h1H3/b10-6?,11-7-,12-8+. The van der Waals surface area contributed by atoms with Gasteiger partial charge in [0.15, 0.2) is 58.2 Å². The number of hydrogen-bond acceptors (Lipinski definition) is 3.